The Labute approximate surface area is 172 Å². The molecule has 0 bridgehead atoms. The molecule has 0 heterocycles. The lowest BCUT2D eigenvalue weighted by Gasteiger charge is -2.16. The highest BCUT2D eigenvalue weighted by Crippen LogP contribution is 2.27. The largest absolute Gasteiger partial charge is 0.490 e. The van der Waals surface area contributed by atoms with Crippen LogP contribution in [0.4, 0.5) is 5.69 Å². The lowest BCUT2D eigenvalue weighted by molar-refractivity contribution is -0.885. The average molecular weight is 388 g/mol. The summed E-state index contributed by atoms with van der Waals surface area (Å²) in [5.41, 5.74) is 4.10. The minimum Gasteiger partial charge on any atom is -0.490 e. The number of rotatable bonds is 9. The molecular formula is C25H27N2O2+. The average Bonchev–Trinajstić information content (AvgIpc) is 2.74. The molecule has 1 amide bonds. The molecule has 29 heavy (non-hydrogen) atoms. The lowest BCUT2D eigenvalue weighted by atomic mass is 10.0. The van der Waals surface area contributed by atoms with Crippen LogP contribution in [0.2, 0.25) is 0 Å². The van der Waals surface area contributed by atoms with Gasteiger partial charge in [0.05, 0.1) is 7.05 Å². The Bertz CT molecular complexity index is 937. The Morgan fingerprint density at radius 1 is 1.00 bits per heavy atom. The molecule has 3 aromatic carbocycles. The summed E-state index contributed by atoms with van der Waals surface area (Å²) in [4.78, 5) is 13.7. The molecule has 0 radical (unpaired) electrons. The van der Waals surface area contributed by atoms with E-state index in [2.05, 4.69) is 11.9 Å². The van der Waals surface area contributed by atoms with Crippen LogP contribution in [0.5, 0.6) is 5.75 Å². The van der Waals surface area contributed by atoms with Crippen molar-refractivity contribution in [1.82, 2.24) is 0 Å². The number of likely N-dealkylation sites (N-methyl/N-ethyl adjacent to an activating group) is 1. The van der Waals surface area contributed by atoms with E-state index in [0.717, 1.165) is 39.6 Å². The first kappa shape index (κ1) is 20.4. The molecular weight excluding hydrogens is 360 g/mol. The van der Waals surface area contributed by atoms with Crippen molar-refractivity contribution in [2.75, 3.05) is 25.5 Å². The van der Waals surface area contributed by atoms with Gasteiger partial charge in [0.25, 0.3) is 5.91 Å². The number of para-hydroxylation sites is 1. The van der Waals surface area contributed by atoms with Crippen molar-refractivity contribution in [3.8, 4) is 16.9 Å². The molecule has 4 nitrogen and oxygen atoms in total. The predicted molar refractivity (Wildman–Crippen MR) is 118 cm³/mol. The number of carbonyl (C=O) groups excluding carboxylic acids is 1. The second kappa shape index (κ2) is 10.2. The molecule has 0 saturated carbocycles. The Kier molecular flexibility index (Phi) is 7.20. The molecule has 1 atom stereocenters. The van der Waals surface area contributed by atoms with E-state index in [-0.39, 0.29) is 5.91 Å². The summed E-state index contributed by atoms with van der Waals surface area (Å²) in [7, 11) is 2.02. The molecule has 0 spiro atoms. The first-order chi connectivity index (χ1) is 14.2. The number of ether oxygens (including phenoxy) is 1. The van der Waals surface area contributed by atoms with E-state index >= 15 is 0 Å². The molecule has 0 aliphatic rings. The fraction of sp³-hybridized carbons (Fsp3) is 0.160. The van der Waals surface area contributed by atoms with E-state index in [1.165, 1.54) is 0 Å². The third-order valence-corrected chi connectivity index (χ3v) is 4.55. The molecule has 0 fully saturated rings. The van der Waals surface area contributed by atoms with Crippen molar-refractivity contribution in [2.24, 2.45) is 0 Å². The summed E-state index contributed by atoms with van der Waals surface area (Å²) in [6.45, 7) is 5.29. The van der Waals surface area contributed by atoms with Crippen LogP contribution in [0.25, 0.3) is 11.1 Å². The minimum absolute atomic E-state index is 0.00295. The van der Waals surface area contributed by atoms with E-state index in [0.29, 0.717) is 13.2 Å². The maximum atomic E-state index is 12.6. The predicted octanol–water partition coefficient (Wildman–Crippen LogP) is 3.57. The highest BCUT2D eigenvalue weighted by atomic mass is 16.5. The molecule has 0 saturated heterocycles. The first-order valence-corrected chi connectivity index (χ1v) is 9.74. The third-order valence-electron chi connectivity index (χ3n) is 4.55. The van der Waals surface area contributed by atoms with Crippen molar-refractivity contribution >= 4 is 11.6 Å². The minimum atomic E-state index is -0.00295. The van der Waals surface area contributed by atoms with Gasteiger partial charge in [-0.1, -0.05) is 61.2 Å². The van der Waals surface area contributed by atoms with Crippen molar-refractivity contribution < 1.29 is 14.4 Å². The van der Waals surface area contributed by atoms with Crippen LogP contribution in [0.3, 0.4) is 0 Å². The monoisotopic (exact) mass is 387 g/mol. The molecule has 0 aliphatic heterocycles. The van der Waals surface area contributed by atoms with Crippen molar-refractivity contribution in [3.05, 3.63) is 97.1 Å². The van der Waals surface area contributed by atoms with Gasteiger partial charge in [-0.05, 0) is 35.9 Å². The van der Waals surface area contributed by atoms with Crippen LogP contribution in [0, 0.1) is 0 Å². The number of amides is 1. The highest BCUT2D eigenvalue weighted by molar-refractivity contribution is 5.96. The number of carbonyl (C=O) groups is 1. The zero-order chi connectivity index (χ0) is 20.5. The van der Waals surface area contributed by atoms with Crippen molar-refractivity contribution in [2.45, 2.75) is 6.54 Å². The standard InChI is InChI=1S/C25H26N2O2/c1-3-17-29-22-15-13-20(14-16-22)18-27(2)19-25(28)26-24-12-8-7-11-23(24)21-9-5-4-6-10-21/h3-16H,1,17-19H2,2H3,(H,26,28)/p+1. The maximum absolute atomic E-state index is 12.6. The van der Waals surface area contributed by atoms with E-state index in [1.54, 1.807) is 6.08 Å². The van der Waals surface area contributed by atoms with Gasteiger partial charge >= 0.3 is 0 Å². The fourth-order valence-corrected chi connectivity index (χ4v) is 3.20. The van der Waals surface area contributed by atoms with Crippen LogP contribution in [-0.4, -0.2) is 26.1 Å². The summed E-state index contributed by atoms with van der Waals surface area (Å²) < 4.78 is 5.50. The van der Waals surface area contributed by atoms with Crippen LogP contribution >= 0.6 is 0 Å². The second-order valence-electron chi connectivity index (χ2n) is 7.01. The quantitative estimate of drug-likeness (QED) is 0.551. The summed E-state index contributed by atoms with van der Waals surface area (Å²) in [6, 6.07) is 25.9. The molecule has 3 aromatic rings. The normalized spacial score (nSPS) is 11.5. The second-order valence-corrected chi connectivity index (χ2v) is 7.01. The van der Waals surface area contributed by atoms with Crippen LogP contribution < -0.4 is 15.0 Å². The van der Waals surface area contributed by atoms with E-state index in [1.807, 2.05) is 85.9 Å². The molecule has 0 aliphatic carbocycles. The zero-order valence-electron chi connectivity index (χ0n) is 16.7. The summed E-state index contributed by atoms with van der Waals surface area (Å²) in [6.07, 6.45) is 1.72. The molecule has 4 heteroatoms. The molecule has 148 valence electrons. The number of hydrogen-bond acceptors (Lipinski definition) is 2. The van der Waals surface area contributed by atoms with E-state index in [9.17, 15) is 4.79 Å². The third kappa shape index (κ3) is 6.06. The van der Waals surface area contributed by atoms with Crippen molar-refractivity contribution in [3.63, 3.8) is 0 Å². The first-order valence-electron chi connectivity index (χ1n) is 9.74. The van der Waals surface area contributed by atoms with Crippen LogP contribution in [0.15, 0.2) is 91.5 Å². The van der Waals surface area contributed by atoms with Crippen molar-refractivity contribution in [1.29, 1.82) is 0 Å². The van der Waals surface area contributed by atoms with Gasteiger partial charge in [0.2, 0.25) is 0 Å². The van der Waals surface area contributed by atoms with Gasteiger partial charge < -0.3 is 15.0 Å². The topological polar surface area (TPSA) is 42.8 Å². The number of anilines is 1. The summed E-state index contributed by atoms with van der Waals surface area (Å²) in [5, 5.41) is 3.07. The van der Waals surface area contributed by atoms with Crippen LogP contribution in [-0.2, 0) is 11.3 Å². The van der Waals surface area contributed by atoms with Gasteiger partial charge in [0.15, 0.2) is 6.54 Å². The molecule has 2 N–H and O–H groups in total. The summed E-state index contributed by atoms with van der Waals surface area (Å²) in [5.74, 6) is 0.818. The molecule has 1 unspecified atom stereocenters. The summed E-state index contributed by atoms with van der Waals surface area (Å²) >= 11 is 0. The number of hydrogen-bond donors (Lipinski definition) is 2. The molecule has 0 aromatic heterocycles. The Morgan fingerprint density at radius 2 is 1.69 bits per heavy atom. The van der Waals surface area contributed by atoms with Gasteiger partial charge in [-0.15, -0.1) is 0 Å². The SMILES string of the molecule is C=CCOc1ccc(C[NH+](C)CC(=O)Nc2ccccc2-c2ccccc2)cc1. The van der Waals surface area contributed by atoms with Gasteiger partial charge in [0.1, 0.15) is 18.9 Å². The molecule has 3 rings (SSSR count). The smallest absolute Gasteiger partial charge is 0.279 e. The Morgan fingerprint density at radius 3 is 2.41 bits per heavy atom. The van der Waals surface area contributed by atoms with Gasteiger partial charge in [-0.2, -0.15) is 0 Å². The zero-order valence-corrected chi connectivity index (χ0v) is 16.7. The van der Waals surface area contributed by atoms with Gasteiger partial charge in [0, 0.05) is 16.8 Å². The lowest BCUT2D eigenvalue weighted by Crippen LogP contribution is -3.08. The fourth-order valence-electron chi connectivity index (χ4n) is 3.20. The Balaban J connectivity index is 1.58. The number of nitrogens with one attached hydrogen (secondary N) is 2. The highest BCUT2D eigenvalue weighted by Gasteiger charge is 2.13. The van der Waals surface area contributed by atoms with Crippen LogP contribution in [0.1, 0.15) is 5.56 Å². The van der Waals surface area contributed by atoms with Gasteiger partial charge in [-0.3, -0.25) is 4.79 Å². The number of benzene rings is 3. The number of quaternary nitrogens is 1. The van der Waals surface area contributed by atoms with Gasteiger partial charge in [-0.25, -0.2) is 0 Å². The van der Waals surface area contributed by atoms with E-state index in [4.69, 9.17) is 4.74 Å². The maximum Gasteiger partial charge on any atom is 0.279 e. The Hall–Kier alpha value is -3.37. The van der Waals surface area contributed by atoms with E-state index < -0.39 is 0 Å².